The summed E-state index contributed by atoms with van der Waals surface area (Å²) in [4.78, 5) is 15.5. The molecule has 0 aromatic carbocycles. The van der Waals surface area contributed by atoms with Gasteiger partial charge in [-0.05, 0) is 13.8 Å². The molecule has 0 spiro atoms. The first kappa shape index (κ1) is 15.0. The molecular formula is C11H13F3N6O. The number of alkyl halides is 3. The Balaban J connectivity index is 2.32. The number of nitrogens with one attached hydrogen (secondary N) is 1. The smallest absolute Gasteiger partial charge is 0.425 e. The Hall–Kier alpha value is -2.39. The Morgan fingerprint density at radius 3 is 2.67 bits per heavy atom. The molecule has 2 aromatic rings. The van der Waals surface area contributed by atoms with Gasteiger partial charge in [-0.1, -0.05) is 0 Å². The summed E-state index contributed by atoms with van der Waals surface area (Å²) in [6, 6.07) is -0.408. The normalized spacial score (nSPS) is 13.0. The predicted molar refractivity (Wildman–Crippen MR) is 67.3 cm³/mol. The van der Waals surface area contributed by atoms with Gasteiger partial charge in [0, 0.05) is 18.9 Å². The summed E-state index contributed by atoms with van der Waals surface area (Å²) in [7, 11) is 0. The summed E-state index contributed by atoms with van der Waals surface area (Å²) < 4.78 is 43.8. The maximum atomic E-state index is 12.5. The number of halogens is 3. The van der Waals surface area contributed by atoms with Crippen molar-refractivity contribution in [3.63, 3.8) is 0 Å². The summed E-state index contributed by atoms with van der Waals surface area (Å²) in [5.41, 5.74) is 0. The lowest BCUT2D eigenvalue weighted by atomic mass is 10.4. The van der Waals surface area contributed by atoms with E-state index >= 15 is 0 Å². The molecule has 0 bridgehead atoms. The van der Waals surface area contributed by atoms with Crippen molar-refractivity contribution >= 4 is 5.95 Å². The molecule has 0 aliphatic heterocycles. The van der Waals surface area contributed by atoms with E-state index in [0.717, 1.165) is 6.92 Å². The molecule has 2 heterocycles. The third-order valence-electron chi connectivity index (χ3n) is 2.42. The average molecular weight is 302 g/mol. The molecule has 0 saturated heterocycles. The van der Waals surface area contributed by atoms with Crippen molar-refractivity contribution in [2.75, 3.05) is 11.9 Å². The Kier molecular flexibility index (Phi) is 4.24. The van der Waals surface area contributed by atoms with Crippen molar-refractivity contribution in [3.05, 3.63) is 18.7 Å². The third kappa shape index (κ3) is 3.80. The van der Waals surface area contributed by atoms with E-state index in [2.05, 4.69) is 25.3 Å². The molecule has 1 atom stereocenters. The predicted octanol–water partition coefficient (Wildman–Crippen LogP) is 1.82. The second kappa shape index (κ2) is 5.94. The highest BCUT2D eigenvalue weighted by Gasteiger charge is 2.38. The SMILES string of the molecule is CCNc1nc(OC(C)C(F)(F)F)nc(-n2ccnc2)n1. The molecule has 0 fully saturated rings. The van der Waals surface area contributed by atoms with Crippen molar-refractivity contribution in [1.82, 2.24) is 24.5 Å². The van der Waals surface area contributed by atoms with Gasteiger partial charge in [-0.15, -0.1) is 0 Å². The van der Waals surface area contributed by atoms with Crippen molar-refractivity contribution in [1.29, 1.82) is 0 Å². The fourth-order valence-corrected chi connectivity index (χ4v) is 1.35. The number of ether oxygens (including phenoxy) is 1. The second-order valence-electron chi connectivity index (χ2n) is 4.04. The zero-order valence-electron chi connectivity index (χ0n) is 11.3. The summed E-state index contributed by atoms with van der Waals surface area (Å²) in [6.07, 6.45) is -2.05. The van der Waals surface area contributed by atoms with E-state index in [4.69, 9.17) is 4.74 Å². The van der Waals surface area contributed by atoms with E-state index < -0.39 is 18.3 Å². The van der Waals surface area contributed by atoms with E-state index in [-0.39, 0.29) is 11.9 Å². The fraction of sp³-hybridized carbons (Fsp3) is 0.455. The van der Waals surface area contributed by atoms with Crippen LogP contribution in [-0.2, 0) is 0 Å². The lowest BCUT2D eigenvalue weighted by Gasteiger charge is -2.16. The number of aromatic nitrogens is 5. The van der Waals surface area contributed by atoms with E-state index in [1.807, 2.05) is 0 Å². The Bertz CT molecular complexity index is 586. The van der Waals surface area contributed by atoms with Gasteiger partial charge in [-0.2, -0.15) is 28.1 Å². The zero-order chi connectivity index (χ0) is 15.5. The summed E-state index contributed by atoms with van der Waals surface area (Å²) >= 11 is 0. The van der Waals surface area contributed by atoms with Gasteiger partial charge in [0.05, 0.1) is 0 Å². The van der Waals surface area contributed by atoms with Crippen LogP contribution in [0.15, 0.2) is 18.7 Å². The molecule has 7 nitrogen and oxygen atoms in total. The number of rotatable bonds is 5. The molecule has 10 heteroatoms. The molecule has 1 N–H and O–H groups in total. The number of imidazole rings is 1. The maximum Gasteiger partial charge on any atom is 0.425 e. The molecule has 0 amide bonds. The first-order valence-corrected chi connectivity index (χ1v) is 6.11. The third-order valence-corrected chi connectivity index (χ3v) is 2.42. The lowest BCUT2D eigenvalue weighted by Crippen LogP contribution is -2.32. The topological polar surface area (TPSA) is 77.8 Å². The van der Waals surface area contributed by atoms with Gasteiger partial charge < -0.3 is 10.1 Å². The largest absolute Gasteiger partial charge is 0.451 e. The lowest BCUT2D eigenvalue weighted by molar-refractivity contribution is -0.190. The number of hydrogen-bond donors (Lipinski definition) is 1. The average Bonchev–Trinajstić information content (AvgIpc) is 2.91. The standard InChI is InChI=1S/C11H13F3N6O/c1-3-16-8-17-9(20-5-4-15-6-20)19-10(18-8)21-7(2)11(12,13)14/h4-7H,3H2,1-2H3,(H,16,17,18,19). The summed E-state index contributed by atoms with van der Waals surface area (Å²) in [5.74, 6) is 0.239. The van der Waals surface area contributed by atoms with Crippen LogP contribution in [0.4, 0.5) is 19.1 Å². The van der Waals surface area contributed by atoms with Crippen LogP contribution in [0.3, 0.4) is 0 Å². The van der Waals surface area contributed by atoms with Crippen LogP contribution in [-0.4, -0.2) is 43.3 Å². The monoisotopic (exact) mass is 302 g/mol. The van der Waals surface area contributed by atoms with Gasteiger partial charge in [0.25, 0.3) is 0 Å². The van der Waals surface area contributed by atoms with Crippen molar-refractivity contribution in [2.45, 2.75) is 26.1 Å². The fourth-order valence-electron chi connectivity index (χ4n) is 1.35. The van der Waals surface area contributed by atoms with Gasteiger partial charge in [0.2, 0.25) is 11.9 Å². The van der Waals surface area contributed by atoms with Crippen LogP contribution < -0.4 is 10.1 Å². The molecule has 0 saturated carbocycles. The first-order chi connectivity index (χ1) is 9.90. The second-order valence-corrected chi connectivity index (χ2v) is 4.04. The Morgan fingerprint density at radius 2 is 2.10 bits per heavy atom. The number of hydrogen-bond acceptors (Lipinski definition) is 6. The van der Waals surface area contributed by atoms with Crippen LogP contribution in [0.5, 0.6) is 6.01 Å². The van der Waals surface area contributed by atoms with Gasteiger partial charge in [-0.25, -0.2) is 4.98 Å². The minimum atomic E-state index is -4.50. The summed E-state index contributed by atoms with van der Waals surface area (Å²) in [6.45, 7) is 3.19. The maximum absolute atomic E-state index is 12.5. The minimum Gasteiger partial charge on any atom is -0.451 e. The highest BCUT2D eigenvalue weighted by Crippen LogP contribution is 2.23. The number of anilines is 1. The molecule has 114 valence electrons. The van der Waals surface area contributed by atoms with E-state index in [1.165, 1.54) is 17.1 Å². The van der Waals surface area contributed by atoms with Crippen LogP contribution in [0, 0.1) is 0 Å². The van der Waals surface area contributed by atoms with E-state index in [9.17, 15) is 13.2 Å². The van der Waals surface area contributed by atoms with Crippen molar-refractivity contribution < 1.29 is 17.9 Å². The van der Waals surface area contributed by atoms with Crippen LogP contribution in [0.2, 0.25) is 0 Å². The molecule has 2 rings (SSSR count). The molecule has 0 aliphatic rings. The van der Waals surface area contributed by atoms with Crippen LogP contribution >= 0.6 is 0 Å². The van der Waals surface area contributed by atoms with Gasteiger partial charge >= 0.3 is 12.2 Å². The van der Waals surface area contributed by atoms with Gasteiger partial charge in [0.15, 0.2) is 6.10 Å². The Labute approximate surface area is 118 Å². The van der Waals surface area contributed by atoms with Crippen LogP contribution in [0.1, 0.15) is 13.8 Å². The molecular weight excluding hydrogens is 289 g/mol. The zero-order valence-corrected chi connectivity index (χ0v) is 11.3. The minimum absolute atomic E-state index is 0.114. The van der Waals surface area contributed by atoms with Gasteiger partial charge in [-0.3, -0.25) is 4.57 Å². The molecule has 1 unspecified atom stereocenters. The van der Waals surface area contributed by atoms with Crippen LogP contribution in [0.25, 0.3) is 5.95 Å². The van der Waals surface area contributed by atoms with Crippen molar-refractivity contribution in [2.24, 2.45) is 0 Å². The molecule has 2 aromatic heterocycles. The quantitative estimate of drug-likeness (QED) is 0.907. The molecule has 0 aliphatic carbocycles. The van der Waals surface area contributed by atoms with Gasteiger partial charge in [0.1, 0.15) is 6.33 Å². The number of nitrogens with zero attached hydrogens (tertiary/aromatic N) is 5. The molecule has 21 heavy (non-hydrogen) atoms. The highest BCUT2D eigenvalue weighted by molar-refractivity contribution is 5.30. The van der Waals surface area contributed by atoms with Crippen molar-refractivity contribution in [3.8, 4) is 12.0 Å². The van der Waals surface area contributed by atoms with E-state index in [1.54, 1.807) is 13.1 Å². The van der Waals surface area contributed by atoms with E-state index in [0.29, 0.717) is 6.54 Å². The Morgan fingerprint density at radius 1 is 1.33 bits per heavy atom. The summed E-state index contributed by atoms with van der Waals surface area (Å²) in [5, 5.41) is 2.81. The first-order valence-electron chi connectivity index (χ1n) is 6.11. The molecule has 0 radical (unpaired) electrons. The highest BCUT2D eigenvalue weighted by atomic mass is 19.4.